The van der Waals surface area contributed by atoms with Crippen molar-refractivity contribution in [3.8, 4) is 6.07 Å². The fourth-order valence-corrected chi connectivity index (χ4v) is 1.35. The fraction of sp³-hybridized carbons (Fsp3) is 0.455. The highest BCUT2D eigenvalue weighted by Gasteiger charge is 2.31. The number of hydrogen-bond donors (Lipinski definition) is 1. The standard InChI is InChI=1S/C11H14N4O3/c1-11(2,7-16)14(3)10-9(15(17)18)8(6-12)4-5-13-10/h4-5,16H,7H2,1-3H3. The van der Waals surface area contributed by atoms with Crippen molar-refractivity contribution >= 4 is 11.5 Å². The Balaban J connectivity index is 3.43. The number of nitriles is 1. The largest absolute Gasteiger partial charge is 0.394 e. The average molecular weight is 250 g/mol. The minimum absolute atomic E-state index is 0.0504. The van der Waals surface area contributed by atoms with Crippen molar-refractivity contribution in [3.05, 3.63) is 27.9 Å². The van der Waals surface area contributed by atoms with Crippen molar-refractivity contribution in [2.45, 2.75) is 19.4 Å². The summed E-state index contributed by atoms with van der Waals surface area (Å²) in [4.78, 5) is 15.8. The van der Waals surface area contributed by atoms with Crippen LogP contribution in [-0.2, 0) is 0 Å². The van der Waals surface area contributed by atoms with Crippen LogP contribution in [0.25, 0.3) is 0 Å². The van der Waals surface area contributed by atoms with Gasteiger partial charge in [0.1, 0.15) is 11.6 Å². The van der Waals surface area contributed by atoms with Gasteiger partial charge in [-0.25, -0.2) is 4.98 Å². The topological polar surface area (TPSA) is 103 Å². The van der Waals surface area contributed by atoms with Crippen LogP contribution in [-0.4, -0.2) is 34.2 Å². The lowest BCUT2D eigenvalue weighted by molar-refractivity contribution is -0.384. The normalized spacial score (nSPS) is 10.8. The first kappa shape index (κ1) is 13.9. The Morgan fingerprint density at radius 3 is 2.72 bits per heavy atom. The average Bonchev–Trinajstić information content (AvgIpc) is 2.36. The van der Waals surface area contributed by atoms with E-state index in [9.17, 15) is 15.2 Å². The van der Waals surface area contributed by atoms with Crippen molar-refractivity contribution in [1.29, 1.82) is 5.26 Å². The van der Waals surface area contributed by atoms with Gasteiger partial charge in [0.05, 0.1) is 17.1 Å². The Bertz CT molecular complexity index is 508. The predicted molar refractivity (Wildman–Crippen MR) is 65.2 cm³/mol. The summed E-state index contributed by atoms with van der Waals surface area (Å²) in [6.07, 6.45) is 1.34. The molecule has 0 saturated carbocycles. The van der Waals surface area contributed by atoms with E-state index in [1.807, 2.05) is 0 Å². The van der Waals surface area contributed by atoms with Crippen LogP contribution in [0.5, 0.6) is 0 Å². The Morgan fingerprint density at radius 2 is 2.28 bits per heavy atom. The lowest BCUT2D eigenvalue weighted by Gasteiger charge is -2.34. The summed E-state index contributed by atoms with van der Waals surface area (Å²) in [5.74, 6) is 0.0677. The SMILES string of the molecule is CN(c1nccc(C#N)c1[N+](=O)[O-])C(C)(C)CO. The molecule has 18 heavy (non-hydrogen) atoms. The molecule has 1 N–H and O–H groups in total. The summed E-state index contributed by atoms with van der Waals surface area (Å²) < 4.78 is 0. The molecule has 0 radical (unpaired) electrons. The Kier molecular flexibility index (Phi) is 3.83. The third-order valence-electron chi connectivity index (χ3n) is 2.82. The summed E-state index contributed by atoms with van der Waals surface area (Å²) >= 11 is 0. The van der Waals surface area contributed by atoms with E-state index in [0.717, 1.165) is 0 Å². The van der Waals surface area contributed by atoms with Crippen molar-refractivity contribution in [1.82, 2.24) is 4.98 Å². The van der Waals surface area contributed by atoms with Gasteiger partial charge in [0.2, 0.25) is 5.82 Å². The summed E-state index contributed by atoms with van der Waals surface area (Å²) in [7, 11) is 1.59. The minimum atomic E-state index is -0.716. The van der Waals surface area contributed by atoms with E-state index in [0.29, 0.717) is 0 Å². The molecule has 1 aromatic heterocycles. The summed E-state index contributed by atoms with van der Waals surface area (Å²) in [6.45, 7) is 3.24. The molecule has 0 unspecified atom stereocenters. The second-order valence-electron chi connectivity index (χ2n) is 4.43. The summed E-state index contributed by atoms with van der Waals surface area (Å²) in [5, 5.41) is 29.2. The molecule has 0 amide bonds. The number of aliphatic hydroxyl groups is 1. The van der Waals surface area contributed by atoms with Crippen molar-refractivity contribution in [2.75, 3.05) is 18.6 Å². The van der Waals surface area contributed by atoms with Crippen LogP contribution in [0.3, 0.4) is 0 Å². The minimum Gasteiger partial charge on any atom is -0.394 e. The van der Waals surface area contributed by atoms with E-state index >= 15 is 0 Å². The quantitative estimate of drug-likeness (QED) is 0.633. The molecule has 0 aromatic carbocycles. The molecule has 96 valence electrons. The van der Waals surface area contributed by atoms with E-state index in [1.165, 1.54) is 17.2 Å². The maximum absolute atomic E-state index is 11.0. The first-order chi connectivity index (χ1) is 8.35. The number of aromatic nitrogens is 1. The molecule has 1 aromatic rings. The van der Waals surface area contributed by atoms with Crippen LogP contribution in [0.4, 0.5) is 11.5 Å². The molecule has 0 fully saturated rings. The smallest absolute Gasteiger partial charge is 0.329 e. The molecule has 0 bridgehead atoms. The van der Waals surface area contributed by atoms with Gasteiger partial charge in [-0.15, -0.1) is 0 Å². The highest BCUT2D eigenvalue weighted by Crippen LogP contribution is 2.31. The second-order valence-corrected chi connectivity index (χ2v) is 4.43. The lowest BCUT2D eigenvalue weighted by atomic mass is 10.0. The van der Waals surface area contributed by atoms with Gasteiger partial charge in [-0.2, -0.15) is 5.26 Å². The molecule has 1 heterocycles. The second kappa shape index (κ2) is 4.98. The van der Waals surface area contributed by atoms with Crippen molar-refractivity contribution in [2.24, 2.45) is 0 Å². The molecule has 0 spiro atoms. The molecule has 1 rings (SSSR count). The van der Waals surface area contributed by atoms with Gasteiger partial charge in [-0.1, -0.05) is 0 Å². The van der Waals surface area contributed by atoms with Gasteiger partial charge in [0.15, 0.2) is 0 Å². The van der Waals surface area contributed by atoms with Crippen molar-refractivity contribution < 1.29 is 10.0 Å². The van der Waals surface area contributed by atoms with Crippen LogP contribution in [0.15, 0.2) is 12.3 Å². The fourth-order valence-electron chi connectivity index (χ4n) is 1.35. The zero-order chi connectivity index (χ0) is 13.9. The highest BCUT2D eigenvalue weighted by molar-refractivity contribution is 5.66. The monoisotopic (exact) mass is 250 g/mol. The molecular formula is C11H14N4O3. The molecule has 0 aliphatic heterocycles. The third kappa shape index (κ3) is 2.38. The summed E-state index contributed by atoms with van der Waals surface area (Å²) in [6, 6.07) is 3.06. The van der Waals surface area contributed by atoms with Crippen molar-refractivity contribution in [3.63, 3.8) is 0 Å². The van der Waals surface area contributed by atoms with Crippen LogP contribution in [0, 0.1) is 21.4 Å². The zero-order valence-corrected chi connectivity index (χ0v) is 10.4. The number of likely N-dealkylation sites (N-methyl/N-ethyl adjacent to an activating group) is 1. The number of aliphatic hydroxyl groups excluding tert-OH is 1. The van der Waals surface area contributed by atoms with Gasteiger partial charge < -0.3 is 10.0 Å². The molecular weight excluding hydrogens is 236 g/mol. The Hall–Kier alpha value is -2.20. The number of pyridine rings is 1. The Morgan fingerprint density at radius 1 is 1.67 bits per heavy atom. The highest BCUT2D eigenvalue weighted by atomic mass is 16.6. The van der Waals surface area contributed by atoms with E-state index in [-0.39, 0.29) is 23.7 Å². The lowest BCUT2D eigenvalue weighted by Crippen LogP contribution is -2.45. The molecule has 7 nitrogen and oxygen atoms in total. The number of nitro groups is 1. The van der Waals surface area contributed by atoms with Gasteiger partial charge in [-0.05, 0) is 19.9 Å². The van der Waals surface area contributed by atoms with Crippen LogP contribution in [0.2, 0.25) is 0 Å². The third-order valence-corrected chi connectivity index (χ3v) is 2.82. The van der Waals surface area contributed by atoms with Gasteiger partial charge in [0, 0.05) is 13.2 Å². The number of anilines is 1. The van der Waals surface area contributed by atoms with Gasteiger partial charge in [0.25, 0.3) is 0 Å². The number of hydrogen-bond acceptors (Lipinski definition) is 6. The van der Waals surface area contributed by atoms with E-state index in [1.54, 1.807) is 27.0 Å². The molecule has 0 atom stereocenters. The molecule has 0 aliphatic carbocycles. The maximum Gasteiger partial charge on any atom is 0.329 e. The number of nitrogens with zero attached hydrogens (tertiary/aromatic N) is 4. The molecule has 0 saturated heterocycles. The zero-order valence-electron chi connectivity index (χ0n) is 10.4. The first-order valence-corrected chi connectivity index (χ1v) is 5.23. The molecule has 0 aliphatic rings. The van der Waals surface area contributed by atoms with E-state index in [2.05, 4.69) is 4.98 Å². The van der Waals surface area contributed by atoms with Gasteiger partial charge in [-0.3, -0.25) is 10.1 Å². The number of rotatable bonds is 4. The van der Waals surface area contributed by atoms with Crippen LogP contribution in [0.1, 0.15) is 19.4 Å². The van der Waals surface area contributed by atoms with Crippen LogP contribution < -0.4 is 4.90 Å². The Labute approximate surface area is 104 Å². The van der Waals surface area contributed by atoms with Gasteiger partial charge >= 0.3 is 5.69 Å². The maximum atomic E-state index is 11.0. The summed E-state index contributed by atoms with van der Waals surface area (Å²) in [5.41, 5.74) is -1.11. The van der Waals surface area contributed by atoms with Crippen LogP contribution >= 0.6 is 0 Å². The predicted octanol–water partition coefficient (Wildman–Crippen LogP) is 1.07. The molecule has 7 heteroatoms. The van der Waals surface area contributed by atoms with E-state index in [4.69, 9.17) is 5.26 Å². The van der Waals surface area contributed by atoms with E-state index < -0.39 is 10.5 Å². The first-order valence-electron chi connectivity index (χ1n) is 5.23.